The molecule has 5 nitrogen and oxygen atoms in total. The van der Waals surface area contributed by atoms with Gasteiger partial charge in [-0.15, -0.1) is 0 Å². The molecule has 0 aliphatic heterocycles. The van der Waals surface area contributed by atoms with Crippen molar-refractivity contribution in [2.24, 2.45) is 0 Å². The topological polar surface area (TPSA) is 71.5 Å². The van der Waals surface area contributed by atoms with Crippen LogP contribution in [0, 0.1) is 13.8 Å². The van der Waals surface area contributed by atoms with Crippen LogP contribution in [0.25, 0.3) is 10.9 Å². The highest BCUT2D eigenvalue weighted by Gasteiger charge is 2.17. The van der Waals surface area contributed by atoms with Gasteiger partial charge in [-0.25, -0.2) is 4.79 Å². The van der Waals surface area contributed by atoms with Gasteiger partial charge in [0.15, 0.2) is 0 Å². The molecular weight excluding hydrogens is 268 g/mol. The highest BCUT2D eigenvalue weighted by molar-refractivity contribution is 6.05. The molecule has 2 N–H and O–H groups in total. The van der Waals surface area contributed by atoms with Crippen molar-refractivity contribution < 1.29 is 14.6 Å². The highest BCUT2D eigenvalue weighted by Crippen LogP contribution is 2.29. The number of aryl methyl sites for hydroxylation is 2. The molecule has 0 radical (unpaired) electrons. The molecule has 2 aromatic rings. The fourth-order valence-corrected chi connectivity index (χ4v) is 2.40. The van der Waals surface area contributed by atoms with E-state index in [0.29, 0.717) is 24.4 Å². The van der Waals surface area contributed by atoms with Crippen LogP contribution in [0.2, 0.25) is 0 Å². The molecular formula is C16H20N2O3. The second-order valence-electron chi connectivity index (χ2n) is 4.90. The SMILES string of the molecule is CCOC(=O)c1cnc2c(C)cc(C)cc2c1NCCO. The first-order valence-electron chi connectivity index (χ1n) is 7.00. The van der Waals surface area contributed by atoms with Gasteiger partial charge < -0.3 is 15.2 Å². The van der Waals surface area contributed by atoms with Gasteiger partial charge in [0.2, 0.25) is 0 Å². The van der Waals surface area contributed by atoms with Gasteiger partial charge in [-0.1, -0.05) is 11.6 Å². The molecule has 5 heteroatoms. The number of hydrogen-bond donors (Lipinski definition) is 2. The maximum absolute atomic E-state index is 12.1. The van der Waals surface area contributed by atoms with Crippen LogP contribution in [-0.4, -0.2) is 35.8 Å². The molecule has 0 saturated carbocycles. The molecule has 0 aliphatic rings. The lowest BCUT2D eigenvalue weighted by Gasteiger charge is -2.15. The number of benzene rings is 1. The van der Waals surface area contributed by atoms with E-state index in [9.17, 15) is 4.79 Å². The largest absolute Gasteiger partial charge is 0.462 e. The predicted molar refractivity (Wildman–Crippen MR) is 82.7 cm³/mol. The van der Waals surface area contributed by atoms with Crippen LogP contribution in [-0.2, 0) is 4.74 Å². The fourth-order valence-electron chi connectivity index (χ4n) is 2.40. The quantitative estimate of drug-likeness (QED) is 0.827. The number of hydrogen-bond acceptors (Lipinski definition) is 5. The molecule has 0 bridgehead atoms. The van der Waals surface area contributed by atoms with Crippen LogP contribution in [0.3, 0.4) is 0 Å². The van der Waals surface area contributed by atoms with Crippen molar-refractivity contribution in [1.29, 1.82) is 0 Å². The van der Waals surface area contributed by atoms with Crippen molar-refractivity contribution in [3.05, 3.63) is 35.0 Å². The summed E-state index contributed by atoms with van der Waals surface area (Å²) in [5.41, 5.74) is 4.04. The van der Waals surface area contributed by atoms with E-state index in [0.717, 1.165) is 22.0 Å². The average molecular weight is 288 g/mol. The molecule has 112 valence electrons. The molecule has 0 aliphatic carbocycles. The number of ether oxygens (including phenoxy) is 1. The minimum Gasteiger partial charge on any atom is -0.462 e. The Morgan fingerprint density at radius 1 is 1.38 bits per heavy atom. The lowest BCUT2D eigenvalue weighted by atomic mass is 10.0. The Morgan fingerprint density at radius 2 is 2.14 bits per heavy atom. The van der Waals surface area contributed by atoms with Crippen LogP contribution in [0.5, 0.6) is 0 Å². The van der Waals surface area contributed by atoms with E-state index in [1.807, 2.05) is 19.9 Å². The Labute approximate surface area is 124 Å². The summed E-state index contributed by atoms with van der Waals surface area (Å²) in [6.45, 7) is 6.40. The maximum Gasteiger partial charge on any atom is 0.341 e. The molecule has 1 heterocycles. The summed E-state index contributed by atoms with van der Waals surface area (Å²) in [7, 11) is 0. The number of rotatable bonds is 5. The van der Waals surface area contributed by atoms with Gasteiger partial charge in [0.05, 0.1) is 24.4 Å². The Balaban J connectivity index is 2.66. The number of carbonyl (C=O) groups is 1. The summed E-state index contributed by atoms with van der Waals surface area (Å²) in [5.74, 6) is -0.411. The van der Waals surface area contributed by atoms with Crippen LogP contribution in [0.15, 0.2) is 18.3 Å². The van der Waals surface area contributed by atoms with Gasteiger partial charge in [-0.2, -0.15) is 0 Å². The molecule has 1 aromatic carbocycles. The van der Waals surface area contributed by atoms with E-state index in [1.54, 1.807) is 6.92 Å². The Morgan fingerprint density at radius 3 is 2.81 bits per heavy atom. The number of anilines is 1. The number of nitrogens with one attached hydrogen (secondary N) is 1. The zero-order chi connectivity index (χ0) is 15.4. The normalized spacial score (nSPS) is 10.7. The van der Waals surface area contributed by atoms with Crippen molar-refractivity contribution in [3.63, 3.8) is 0 Å². The van der Waals surface area contributed by atoms with Crippen LogP contribution < -0.4 is 5.32 Å². The maximum atomic E-state index is 12.1. The van der Waals surface area contributed by atoms with Gasteiger partial charge in [0.1, 0.15) is 5.56 Å². The molecule has 2 rings (SSSR count). The Kier molecular flexibility index (Phi) is 4.75. The standard InChI is InChI=1S/C16H20N2O3/c1-4-21-16(20)13-9-18-14-11(3)7-10(2)8-12(14)15(13)17-5-6-19/h7-9,19H,4-6H2,1-3H3,(H,17,18). The van der Waals surface area contributed by atoms with Crippen LogP contribution >= 0.6 is 0 Å². The molecule has 21 heavy (non-hydrogen) atoms. The van der Waals surface area contributed by atoms with E-state index in [-0.39, 0.29) is 6.61 Å². The first-order chi connectivity index (χ1) is 10.1. The van der Waals surface area contributed by atoms with Gasteiger partial charge in [-0.05, 0) is 32.4 Å². The zero-order valence-corrected chi connectivity index (χ0v) is 12.6. The summed E-state index contributed by atoms with van der Waals surface area (Å²) in [4.78, 5) is 16.5. The minimum atomic E-state index is -0.411. The molecule has 1 aromatic heterocycles. The zero-order valence-electron chi connectivity index (χ0n) is 12.6. The van der Waals surface area contributed by atoms with Gasteiger partial charge in [0, 0.05) is 18.1 Å². The number of pyridine rings is 1. The van der Waals surface area contributed by atoms with Gasteiger partial charge in [-0.3, -0.25) is 4.98 Å². The van der Waals surface area contributed by atoms with E-state index >= 15 is 0 Å². The monoisotopic (exact) mass is 288 g/mol. The van der Waals surface area contributed by atoms with E-state index in [1.165, 1.54) is 6.20 Å². The third-order valence-corrected chi connectivity index (χ3v) is 3.22. The molecule has 0 fully saturated rings. The lowest BCUT2D eigenvalue weighted by molar-refractivity contribution is 0.0527. The summed E-state index contributed by atoms with van der Waals surface area (Å²) in [6.07, 6.45) is 1.53. The van der Waals surface area contributed by atoms with Crippen molar-refractivity contribution in [2.45, 2.75) is 20.8 Å². The lowest BCUT2D eigenvalue weighted by Crippen LogP contribution is -2.13. The summed E-state index contributed by atoms with van der Waals surface area (Å²) < 4.78 is 5.08. The van der Waals surface area contributed by atoms with Crippen molar-refractivity contribution in [1.82, 2.24) is 4.98 Å². The van der Waals surface area contributed by atoms with E-state index < -0.39 is 5.97 Å². The number of aliphatic hydroxyl groups excluding tert-OH is 1. The van der Waals surface area contributed by atoms with E-state index in [4.69, 9.17) is 9.84 Å². The smallest absolute Gasteiger partial charge is 0.341 e. The molecule has 0 saturated heterocycles. The predicted octanol–water partition coefficient (Wildman–Crippen LogP) is 2.43. The number of aliphatic hydroxyl groups is 1. The fraction of sp³-hybridized carbons (Fsp3) is 0.375. The van der Waals surface area contributed by atoms with Crippen LogP contribution in [0.4, 0.5) is 5.69 Å². The summed E-state index contributed by atoms with van der Waals surface area (Å²) in [6, 6.07) is 4.03. The van der Waals surface area contributed by atoms with Gasteiger partial charge in [0.25, 0.3) is 0 Å². The number of carbonyl (C=O) groups excluding carboxylic acids is 1. The number of esters is 1. The van der Waals surface area contributed by atoms with Crippen molar-refractivity contribution >= 4 is 22.6 Å². The number of fused-ring (bicyclic) bond motifs is 1. The second kappa shape index (κ2) is 6.54. The Bertz CT molecular complexity index is 668. The number of nitrogens with zero attached hydrogens (tertiary/aromatic N) is 1. The third-order valence-electron chi connectivity index (χ3n) is 3.22. The summed E-state index contributed by atoms with van der Waals surface area (Å²) >= 11 is 0. The summed E-state index contributed by atoms with van der Waals surface area (Å²) in [5, 5.41) is 13.0. The molecule has 0 spiro atoms. The number of aromatic nitrogens is 1. The average Bonchev–Trinajstić information content (AvgIpc) is 2.44. The molecule has 0 amide bonds. The minimum absolute atomic E-state index is 0.0170. The highest BCUT2D eigenvalue weighted by atomic mass is 16.5. The third kappa shape index (κ3) is 3.13. The molecule has 0 unspecified atom stereocenters. The van der Waals surface area contributed by atoms with Crippen molar-refractivity contribution in [2.75, 3.05) is 25.1 Å². The Hall–Kier alpha value is -2.14. The van der Waals surface area contributed by atoms with Crippen LogP contribution in [0.1, 0.15) is 28.4 Å². The first-order valence-corrected chi connectivity index (χ1v) is 7.00. The van der Waals surface area contributed by atoms with E-state index in [2.05, 4.69) is 16.4 Å². The van der Waals surface area contributed by atoms with Crippen molar-refractivity contribution in [3.8, 4) is 0 Å². The van der Waals surface area contributed by atoms with Gasteiger partial charge >= 0.3 is 5.97 Å². The first kappa shape index (κ1) is 15.3. The molecule has 0 atom stereocenters. The second-order valence-corrected chi connectivity index (χ2v) is 4.90.